The number of hydrogen-bond acceptors (Lipinski definition) is 5. The molecule has 0 spiro atoms. The van der Waals surface area contributed by atoms with Crippen molar-refractivity contribution in [2.45, 2.75) is 25.8 Å². The van der Waals surface area contributed by atoms with E-state index in [9.17, 15) is 9.59 Å². The van der Waals surface area contributed by atoms with Gasteiger partial charge in [-0.2, -0.15) is 0 Å². The van der Waals surface area contributed by atoms with Gasteiger partial charge in [0.15, 0.2) is 0 Å². The standard InChI is InChI=1S/C11H19N3O3/c1-2-3-14-10(15)8-9(11(14)16)12-13-4-6-17-7-5-13/h9,12H,2-8H2,1H3. The summed E-state index contributed by atoms with van der Waals surface area (Å²) in [4.78, 5) is 25.0. The predicted octanol–water partition coefficient (Wildman–Crippen LogP) is -0.639. The summed E-state index contributed by atoms with van der Waals surface area (Å²) in [6, 6.07) is -0.382. The molecule has 1 atom stereocenters. The first-order valence-corrected chi connectivity index (χ1v) is 6.15. The zero-order chi connectivity index (χ0) is 12.3. The number of ether oxygens (including phenoxy) is 1. The molecule has 2 heterocycles. The number of imide groups is 1. The van der Waals surface area contributed by atoms with E-state index in [0.717, 1.165) is 19.5 Å². The number of hydrazine groups is 1. The van der Waals surface area contributed by atoms with Crippen molar-refractivity contribution < 1.29 is 14.3 Å². The number of carbonyl (C=O) groups excluding carboxylic acids is 2. The summed E-state index contributed by atoms with van der Waals surface area (Å²) in [5, 5.41) is 1.97. The number of likely N-dealkylation sites (tertiary alicyclic amines) is 1. The largest absolute Gasteiger partial charge is 0.379 e. The van der Waals surface area contributed by atoms with Crippen LogP contribution in [0.25, 0.3) is 0 Å². The van der Waals surface area contributed by atoms with E-state index in [1.807, 2.05) is 11.9 Å². The SMILES string of the molecule is CCCN1C(=O)CC(NN2CCOCC2)C1=O. The molecule has 96 valence electrons. The number of nitrogens with zero attached hydrogens (tertiary/aromatic N) is 2. The lowest BCUT2D eigenvalue weighted by atomic mass is 10.2. The van der Waals surface area contributed by atoms with Crippen LogP contribution in [0.4, 0.5) is 0 Å². The van der Waals surface area contributed by atoms with Crippen LogP contribution in [-0.2, 0) is 14.3 Å². The van der Waals surface area contributed by atoms with Gasteiger partial charge in [0.25, 0.3) is 0 Å². The van der Waals surface area contributed by atoms with Crippen molar-refractivity contribution in [3.8, 4) is 0 Å². The van der Waals surface area contributed by atoms with Crippen molar-refractivity contribution in [2.24, 2.45) is 0 Å². The molecule has 6 heteroatoms. The minimum Gasteiger partial charge on any atom is -0.379 e. The Kier molecular flexibility index (Phi) is 4.09. The third-order valence-corrected chi connectivity index (χ3v) is 3.04. The lowest BCUT2D eigenvalue weighted by Gasteiger charge is -2.29. The van der Waals surface area contributed by atoms with Crippen LogP contribution < -0.4 is 5.43 Å². The number of carbonyl (C=O) groups is 2. The second kappa shape index (κ2) is 5.57. The molecule has 0 aromatic rings. The molecule has 0 radical (unpaired) electrons. The van der Waals surface area contributed by atoms with E-state index in [1.54, 1.807) is 0 Å². The number of amides is 2. The quantitative estimate of drug-likeness (QED) is 0.663. The van der Waals surface area contributed by atoms with Crippen molar-refractivity contribution in [3.63, 3.8) is 0 Å². The summed E-state index contributed by atoms with van der Waals surface area (Å²) < 4.78 is 5.23. The molecule has 1 unspecified atom stereocenters. The third kappa shape index (κ3) is 2.83. The minimum atomic E-state index is -0.382. The molecule has 0 aromatic carbocycles. The Hall–Kier alpha value is -0.980. The number of morpholine rings is 1. The lowest BCUT2D eigenvalue weighted by Crippen LogP contribution is -2.52. The fraction of sp³-hybridized carbons (Fsp3) is 0.818. The maximum absolute atomic E-state index is 12.0. The molecule has 0 aliphatic carbocycles. The Morgan fingerprint density at radius 2 is 2.06 bits per heavy atom. The second-order valence-corrected chi connectivity index (χ2v) is 4.37. The van der Waals surface area contributed by atoms with Crippen LogP contribution in [0.3, 0.4) is 0 Å². The van der Waals surface area contributed by atoms with Gasteiger partial charge in [0.1, 0.15) is 6.04 Å². The molecule has 2 amide bonds. The first-order chi connectivity index (χ1) is 8.22. The molecular weight excluding hydrogens is 222 g/mol. The van der Waals surface area contributed by atoms with Crippen molar-refractivity contribution in [1.82, 2.24) is 15.3 Å². The second-order valence-electron chi connectivity index (χ2n) is 4.37. The topological polar surface area (TPSA) is 61.9 Å². The number of hydrogen-bond donors (Lipinski definition) is 1. The molecule has 6 nitrogen and oxygen atoms in total. The maximum atomic E-state index is 12.0. The molecule has 2 saturated heterocycles. The van der Waals surface area contributed by atoms with Gasteiger partial charge >= 0.3 is 0 Å². The molecule has 0 saturated carbocycles. The summed E-state index contributed by atoms with van der Waals surface area (Å²) in [6.07, 6.45) is 1.08. The summed E-state index contributed by atoms with van der Waals surface area (Å²) in [6.45, 7) is 5.33. The first-order valence-electron chi connectivity index (χ1n) is 6.15. The zero-order valence-corrected chi connectivity index (χ0v) is 10.1. The summed E-state index contributed by atoms with van der Waals surface area (Å²) in [5.74, 6) is -0.161. The van der Waals surface area contributed by atoms with Gasteiger partial charge < -0.3 is 4.74 Å². The van der Waals surface area contributed by atoms with Crippen LogP contribution in [0.15, 0.2) is 0 Å². The van der Waals surface area contributed by atoms with Crippen LogP contribution in [0.1, 0.15) is 19.8 Å². The van der Waals surface area contributed by atoms with Crippen molar-refractivity contribution >= 4 is 11.8 Å². The number of rotatable bonds is 4. The van der Waals surface area contributed by atoms with E-state index < -0.39 is 0 Å². The van der Waals surface area contributed by atoms with E-state index in [1.165, 1.54) is 4.90 Å². The molecule has 1 N–H and O–H groups in total. The predicted molar refractivity (Wildman–Crippen MR) is 60.9 cm³/mol. The summed E-state index contributed by atoms with van der Waals surface area (Å²) >= 11 is 0. The smallest absolute Gasteiger partial charge is 0.248 e. The van der Waals surface area contributed by atoms with E-state index in [2.05, 4.69) is 5.43 Å². The Bertz CT molecular complexity index is 302. The van der Waals surface area contributed by atoms with Crippen LogP contribution in [0, 0.1) is 0 Å². The first kappa shape index (κ1) is 12.5. The van der Waals surface area contributed by atoms with E-state index in [-0.39, 0.29) is 24.3 Å². The summed E-state index contributed by atoms with van der Waals surface area (Å²) in [5.41, 5.74) is 3.13. The molecule has 0 bridgehead atoms. The van der Waals surface area contributed by atoms with Crippen molar-refractivity contribution in [1.29, 1.82) is 0 Å². The lowest BCUT2D eigenvalue weighted by molar-refractivity contribution is -0.139. The molecular formula is C11H19N3O3. The minimum absolute atomic E-state index is 0.0670. The highest BCUT2D eigenvalue weighted by atomic mass is 16.5. The third-order valence-electron chi connectivity index (χ3n) is 3.04. The average Bonchev–Trinajstić information content (AvgIpc) is 2.59. The highest BCUT2D eigenvalue weighted by molar-refractivity contribution is 6.05. The van der Waals surface area contributed by atoms with E-state index in [0.29, 0.717) is 19.8 Å². The molecule has 2 rings (SSSR count). The van der Waals surface area contributed by atoms with Gasteiger partial charge in [-0.1, -0.05) is 6.92 Å². The van der Waals surface area contributed by atoms with Crippen LogP contribution in [0.5, 0.6) is 0 Å². The van der Waals surface area contributed by atoms with Crippen molar-refractivity contribution in [3.05, 3.63) is 0 Å². The van der Waals surface area contributed by atoms with Gasteiger partial charge in [-0.15, -0.1) is 0 Å². The van der Waals surface area contributed by atoms with Crippen molar-refractivity contribution in [2.75, 3.05) is 32.8 Å². The Morgan fingerprint density at radius 3 is 2.71 bits per heavy atom. The van der Waals surface area contributed by atoms with Crippen LogP contribution in [-0.4, -0.2) is 60.6 Å². The van der Waals surface area contributed by atoms with Gasteiger partial charge in [0, 0.05) is 19.6 Å². The van der Waals surface area contributed by atoms with Crippen LogP contribution >= 0.6 is 0 Å². The van der Waals surface area contributed by atoms with Gasteiger partial charge in [-0.3, -0.25) is 14.5 Å². The molecule has 17 heavy (non-hydrogen) atoms. The highest BCUT2D eigenvalue weighted by Crippen LogP contribution is 2.14. The maximum Gasteiger partial charge on any atom is 0.248 e. The Labute approximate surface area is 101 Å². The van der Waals surface area contributed by atoms with E-state index >= 15 is 0 Å². The molecule has 0 aromatic heterocycles. The normalized spacial score (nSPS) is 26.9. The molecule has 2 aliphatic heterocycles. The molecule has 2 fully saturated rings. The molecule has 2 aliphatic rings. The fourth-order valence-corrected chi connectivity index (χ4v) is 2.16. The van der Waals surface area contributed by atoms with Crippen LogP contribution in [0.2, 0.25) is 0 Å². The Morgan fingerprint density at radius 1 is 1.35 bits per heavy atom. The van der Waals surface area contributed by atoms with E-state index in [4.69, 9.17) is 4.74 Å². The van der Waals surface area contributed by atoms with Gasteiger partial charge in [-0.05, 0) is 6.42 Å². The fourth-order valence-electron chi connectivity index (χ4n) is 2.16. The van der Waals surface area contributed by atoms with Gasteiger partial charge in [-0.25, -0.2) is 10.4 Å². The average molecular weight is 241 g/mol. The van der Waals surface area contributed by atoms with Gasteiger partial charge in [0.05, 0.1) is 19.6 Å². The Balaban J connectivity index is 1.89. The number of nitrogens with one attached hydrogen (secondary N) is 1. The zero-order valence-electron chi connectivity index (χ0n) is 10.1. The highest BCUT2D eigenvalue weighted by Gasteiger charge is 2.38. The monoisotopic (exact) mass is 241 g/mol. The summed E-state index contributed by atoms with van der Waals surface area (Å²) in [7, 11) is 0. The van der Waals surface area contributed by atoms with Gasteiger partial charge in [0.2, 0.25) is 11.8 Å².